The summed E-state index contributed by atoms with van der Waals surface area (Å²) in [7, 11) is -2.77. The summed E-state index contributed by atoms with van der Waals surface area (Å²) in [5, 5.41) is 2.97. The van der Waals surface area contributed by atoms with Gasteiger partial charge < -0.3 is 15.0 Å². The number of ether oxygens (including phenoxy) is 1. The molecule has 4 aromatic carbocycles. The fraction of sp³-hybridized carbons (Fsp3) is 0.278. The third kappa shape index (κ3) is 8.51. The molecular weight excluding hydrogens is 586 g/mol. The van der Waals surface area contributed by atoms with Crippen LogP contribution in [0.5, 0.6) is 5.75 Å². The lowest BCUT2D eigenvalue weighted by molar-refractivity contribution is -0.140. The molecule has 4 rings (SSSR count). The number of amides is 2. The lowest BCUT2D eigenvalue weighted by Gasteiger charge is -2.34. The van der Waals surface area contributed by atoms with Gasteiger partial charge in [0.25, 0.3) is 10.0 Å². The molecule has 0 aliphatic heterocycles. The lowest BCUT2D eigenvalue weighted by atomic mass is 10.0. The maximum atomic E-state index is 14.6. The molecule has 2 amide bonds. The summed E-state index contributed by atoms with van der Waals surface area (Å²) >= 11 is 0. The second-order valence-electron chi connectivity index (χ2n) is 11.0. The molecule has 1 unspecified atom stereocenters. The number of rotatable bonds is 14. The molecular formula is C36H41N3O5S. The van der Waals surface area contributed by atoms with Crippen molar-refractivity contribution in [2.45, 2.75) is 51.1 Å². The van der Waals surface area contributed by atoms with Crippen LogP contribution in [0.2, 0.25) is 0 Å². The highest BCUT2D eigenvalue weighted by Crippen LogP contribution is 2.32. The molecule has 4 aromatic rings. The Morgan fingerprint density at radius 1 is 0.822 bits per heavy atom. The summed E-state index contributed by atoms with van der Waals surface area (Å²) in [5.74, 6) is -0.523. The number of nitrogens with one attached hydrogen (secondary N) is 1. The molecule has 236 valence electrons. The molecule has 0 aliphatic rings. The smallest absolute Gasteiger partial charge is 0.264 e. The number of methoxy groups -OCH3 is 1. The Bertz CT molecular complexity index is 1690. The van der Waals surface area contributed by atoms with Gasteiger partial charge >= 0.3 is 0 Å². The number of carbonyl (C=O) groups excluding carboxylic acids is 2. The highest BCUT2D eigenvalue weighted by molar-refractivity contribution is 7.92. The van der Waals surface area contributed by atoms with Crippen molar-refractivity contribution in [3.63, 3.8) is 0 Å². The Kier molecular flexibility index (Phi) is 11.4. The maximum Gasteiger partial charge on any atom is 0.264 e. The van der Waals surface area contributed by atoms with Crippen molar-refractivity contribution in [1.82, 2.24) is 10.2 Å². The Morgan fingerprint density at radius 3 is 2.16 bits per heavy atom. The standard InChI is InChI=1S/C36H41N3O5S/c1-5-22-37-36(41)33(24-29-13-7-6-8-14-29)38(25-30-15-11-12-28(3)23-30)35(40)26-39(32-16-9-10-17-34(32)44-4)45(42,43)31-20-18-27(2)19-21-31/h6-21,23,33H,5,22,24-26H2,1-4H3,(H,37,41). The van der Waals surface area contributed by atoms with E-state index in [2.05, 4.69) is 5.32 Å². The molecule has 1 atom stereocenters. The van der Waals surface area contributed by atoms with Gasteiger partial charge in [0.1, 0.15) is 18.3 Å². The van der Waals surface area contributed by atoms with E-state index in [0.29, 0.717) is 12.3 Å². The third-order valence-corrected chi connectivity index (χ3v) is 9.27. The normalized spacial score (nSPS) is 11.8. The number of anilines is 1. The van der Waals surface area contributed by atoms with E-state index in [9.17, 15) is 18.0 Å². The number of hydrogen-bond acceptors (Lipinski definition) is 5. The van der Waals surface area contributed by atoms with Crippen molar-refractivity contribution in [2.24, 2.45) is 0 Å². The van der Waals surface area contributed by atoms with E-state index in [1.807, 2.05) is 75.4 Å². The molecule has 0 aromatic heterocycles. The van der Waals surface area contributed by atoms with Crippen molar-refractivity contribution in [3.8, 4) is 5.75 Å². The Morgan fingerprint density at radius 2 is 1.49 bits per heavy atom. The first-order chi connectivity index (χ1) is 21.6. The first-order valence-electron chi connectivity index (χ1n) is 15.0. The fourth-order valence-corrected chi connectivity index (χ4v) is 6.54. The van der Waals surface area contributed by atoms with Crippen LogP contribution in [0.3, 0.4) is 0 Å². The zero-order valence-corrected chi connectivity index (χ0v) is 27.1. The molecule has 0 heterocycles. The lowest BCUT2D eigenvalue weighted by Crippen LogP contribution is -2.53. The number of hydrogen-bond donors (Lipinski definition) is 1. The zero-order valence-electron chi connectivity index (χ0n) is 26.3. The van der Waals surface area contributed by atoms with Crippen molar-refractivity contribution < 1.29 is 22.7 Å². The van der Waals surface area contributed by atoms with Gasteiger partial charge in [0.05, 0.1) is 17.7 Å². The highest BCUT2D eigenvalue weighted by atomic mass is 32.2. The van der Waals surface area contributed by atoms with Gasteiger partial charge in [0.15, 0.2) is 0 Å². The molecule has 8 nitrogen and oxygen atoms in total. The SMILES string of the molecule is CCCNC(=O)C(Cc1ccccc1)N(Cc1cccc(C)c1)C(=O)CN(c1ccccc1OC)S(=O)(=O)c1ccc(C)cc1. The van der Waals surface area contributed by atoms with E-state index in [4.69, 9.17) is 4.74 Å². The van der Waals surface area contributed by atoms with Crippen LogP contribution in [0, 0.1) is 13.8 Å². The topological polar surface area (TPSA) is 96.0 Å². The van der Waals surface area contributed by atoms with E-state index >= 15 is 0 Å². The summed E-state index contributed by atoms with van der Waals surface area (Å²) < 4.78 is 35.1. The Labute approximate surface area is 266 Å². The molecule has 0 bridgehead atoms. The highest BCUT2D eigenvalue weighted by Gasteiger charge is 2.35. The van der Waals surface area contributed by atoms with Crippen LogP contribution in [-0.2, 0) is 32.6 Å². The molecule has 1 N–H and O–H groups in total. The third-order valence-electron chi connectivity index (χ3n) is 7.50. The fourth-order valence-electron chi connectivity index (χ4n) is 5.11. The van der Waals surface area contributed by atoms with Crippen LogP contribution >= 0.6 is 0 Å². The molecule has 0 saturated carbocycles. The van der Waals surface area contributed by atoms with Crippen LogP contribution in [0.15, 0.2) is 108 Å². The first-order valence-corrected chi connectivity index (χ1v) is 16.5. The number of sulfonamides is 1. The van der Waals surface area contributed by atoms with Crippen LogP contribution < -0.4 is 14.4 Å². The average molecular weight is 628 g/mol. The second-order valence-corrected chi connectivity index (χ2v) is 12.9. The second kappa shape index (κ2) is 15.4. The molecule has 45 heavy (non-hydrogen) atoms. The van der Waals surface area contributed by atoms with Crippen LogP contribution in [-0.4, -0.2) is 51.4 Å². The van der Waals surface area contributed by atoms with Gasteiger partial charge in [-0.25, -0.2) is 8.42 Å². The quantitative estimate of drug-likeness (QED) is 0.194. The maximum absolute atomic E-state index is 14.6. The van der Waals surface area contributed by atoms with Crippen LogP contribution in [0.1, 0.15) is 35.6 Å². The summed E-state index contributed by atoms with van der Waals surface area (Å²) in [6.07, 6.45) is 0.985. The zero-order chi connectivity index (χ0) is 32.4. The van der Waals surface area contributed by atoms with Gasteiger partial charge in [-0.3, -0.25) is 13.9 Å². The van der Waals surface area contributed by atoms with Crippen molar-refractivity contribution in [1.29, 1.82) is 0 Å². The predicted octanol–water partition coefficient (Wildman–Crippen LogP) is 5.67. The summed E-state index contributed by atoms with van der Waals surface area (Å²) in [6.45, 7) is 5.81. The van der Waals surface area contributed by atoms with E-state index in [0.717, 1.165) is 33.0 Å². The Hall–Kier alpha value is -4.63. The van der Waals surface area contributed by atoms with E-state index in [1.54, 1.807) is 36.4 Å². The number of carbonyl (C=O) groups is 2. The minimum atomic E-state index is -4.23. The Balaban J connectivity index is 1.82. The molecule has 0 spiro atoms. The molecule has 0 fully saturated rings. The molecule has 9 heteroatoms. The molecule has 0 saturated heterocycles. The number of aryl methyl sites for hydroxylation is 2. The van der Waals surface area contributed by atoms with Gasteiger partial charge in [0.2, 0.25) is 11.8 Å². The summed E-state index contributed by atoms with van der Waals surface area (Å²) in [4.78, 5) is 29.9. The number of para-hydroxylation sites is 2. The predicted molar refractivity (Wildman–Crippen MR) is 178 cm³/mol. The first kappa shape index (κ1) is 33.3. The number of benzene rings is 4. The van der Waals surface area contributed by atoms with E-state index in [1.165, 1.54) is 24.1 Å². The minimum absolute atomic E-state index is 0.0403. The molecule has 0 radical (unpaired) electrons. The van der Waals surface area contributed by atoms with E-state index < -0.39 is 28.5 Å². The minimum Gasteiger partial charge on any atom is -0.495 e. The van der Waals surface area contributed by atoms with Crippen molar-refractivity contribution >= 4 is 27.5 Å². The van der Waals surface area contributed by atoms with Crippen molar-refractivity contribution in [3.05, 3.63) is 125 Å². The van der Waals surface area contributed by atoms with Gasteiger partial charge in [-0.15, -0.1) is 0 Å². The summed E-state index contributed by atoms with van der Waals surface area (Å²) in [5.41, 5.74) is 3.84. The molecule has 0 aliphatic carbocycles. The van der Waals surface area contributed by atoms with Gasteiger partial charge in [0, 0.05) is 19.5 Å². The van der Waals surface area contributed by atoms with Crippen molar-refractivity contribution in [2.75, 3.05) is 24.5 Å². The summed E-state index contributed by atoms with van der Waals surface area (Å²) in [6, 6.07) is 29.5. The van der Waals surface area contributed by atoms with Gasteiger partial charge in [-0.05, 0) is 55.7 Å². The largest absolute Gasteiger partial charge is 0.495 e. The average Bonchev–Trinajstić information content (AvgIpc) is 3.04. The number of nitrogens with zero attached hydrogens (tertiary/aromatic N) is 2. The van der Waals surface area contributed by atoms with Gasteiger partial charge in [-0.2, -0.15) is 0 Å². The monoisotopic (exact) mass is 627 g/mol. The van der Waals surface area contributed by atoms with E-state index in [-0.39, 0.29) is 29.5 Å². The van der Waals surface area contributed by atoms with Crippen LogP contribution in [0.4, 0.5) is 5.69 Å². The van der Waals surface area contributed by atoms with Gasteiger partial charge in [-0.1, -0.05) is 96.9 Å². The van der Waals surface area contributed by atoms with Crippen LogP contribution in [0.25, 0.3) is 0 Å².